The van der Waals surface area contributed by atoms with Crippen LogP contribution in [-0.2, 0) is 42.6 Å². The third kappa shape index (κ3) is 13.9. The van der Waals surface area contributed by atoms with Crippen molar-refractivity contribution in [1.29, 1.82) is 0 Å². The van der Waals surface area contributed by atoms with Gasteiger partial charge in [0.15, 0.2) is 25.2 Å². The van der Waals surface area contributed by atoms with Crippen molar-refractivity contribution in [3.05, 3.63) is 11.6 Å². The molecule has 71 heavy (non-hydrogen) atoms. The summed E-state index contributed by atoms with van der Waals surface area (Å²) in [5.74, 6) is 1.03. The molecule has 5 heterocycles. The minimum atomic E-state index is -1.97. The van der Waals surface area contributed by atoms with E-state index in [1.165, 1.54) is 24.8 Å². The second-order valence-electron chi connectivity index (χ2n) is 18.2. The number of ether oxygens (including phenoxy) is 9. The van der Waals surface area contributed by atoms with Crippen molar-refractivity contribution in [1.82, 2.24) is 5.32 Å². The number of aliphatic hydroxyl groups is 18. The van der Waals surface area contributed by atoms with Gasteiger partial charge >= 0.3 is 0 Å². The topological polar surface area (TPSA) is 459 Å². The van der Waals surface area contributed by atoms with E-state index in [1.807, 2.05) is 0 Å². The van der Waals surface area contributed by atoms with Gasteiger partial charge in [0.05, 0.1) is 70.0 Å². The fraction of sp³-hybridized carbons (Fsp3) is 0.951. The Hall–Kier alpha value is -0.680. The first-order valence-corrected chi connectivity index (χ1v) is 25.4. The van der Waals surface area contributed by atoms with Gasteiger partial charge in [0.1, 0.15) is 115 Å². The first-order valence-electron chi connectivity index (χ1n) is 23.2. The Morgan fingerprint density at radius 1 is 0.563 bits per heavy atom. The summed E-state index contributed by atoms with van der Waals surface area (Å²) in [6.45, 7) is -1.06. The number of rotatable bonds is 21. The molecule has 6 rings (SSSR count). The number of aliphatic hydroxyl groups excluding tert-OH is 18. The van der Waals surface area contributed by atoms with Gasteiger partial charge in [-0.25, -0.2) is 0 Å². The van der Waals surface area contributed by atoms with E-state index in [2.05, 4.69) is 5.32 Å². The first-order chi connectivity index (χ1) is 33.8. The maximum atomic E-state index is 11.2. The molecule has 0 aromatic heterocycles. The zero-order valence-electron chi connectivity index (χ0n) is 38.4. The summed E-state index contributed by atoms with van der Waals surface area (Å²) in [6.07, 6.45) is -37.5. The molecule has 0 radical (unpaired) electrons. The summed E-state index contributed by atoms with van der Waals surface area (Å²) < 4.78 is 51.1. The van der Waals surface area contributed by atoms with Crippen LogP contribution in [0.1, 0.15) is 13.3 Å². The number of hydrogen-bond donors (Lipinski definition) is 19. The molecule has 28 nitrogen and oxygen atoms in total. The van der Waals surface area contributed by atoms with Gasteiger partial charge in [-0.15, -0.1) is 11.8 Å². The van der Waals surface area contributed by atoms with Crippen LogP contribution in [0.5, 0.6) is 0 Å². The molecule has 0 aromatic rings. The second-order valence-corrected chi connectivity index (χ2v) is 20.5. The Balaban J connectivity index is 0.918. The second kappa shape index (κ2) is 27.1. The van der Waals surface area contributed by atoms with Gasteiger partial charge in [-0.05, 0) is 12.5 Å². The molecule has 1 aliphatic carbocycles. The number of hydrogen-bond acceptors (Lipinski definition) is 30. The molecule has 28 atom stereocenters. The van der Waals surface area contributed by atoms with Crippen molar-refractivity contribution >= 4 is 23.5 Å². The molecule has 6 aliphatic rings. The summed E-state index contributed by atoms with van der Waals surface area (Å²) in [5, 5.41) is 191. The van der Waals surface area contributed by atoms with Crippen LogP contribution in [-0.4, -0.2) is 320 Å². The summed E-state index contributed by atoms with van der Waals surface area (Å²) in [4.78, 5) is 0. The molecule has 414 valence electrons. The average Bonchev–Trinajstić information content (AvgIpc) is 3.35. The van der Waals surface area contributed by atoms with Crippen LogP contribution in [0.25, 0.3) is 0 Å². The standard InChI is InChI=1S/C41H71NO27S2/c1-13-21(42-16-6-14(8-43)22(48)26(52)23(16)49)25(51)31(57)39(62-13)68-35-19(10-45)65-40(32(58)28(35)54)69-36-20(11-46)66-41(33(59)29(36)55)71-5-3-61-2-4-70-12-15-7-17(47)24(50)38(63-15)67-34-18(9-44)64-37(60)30(56)27(34)53/h6,13,15-60H,2-5,7-12H2,1H3/t13?,15?,16-,17-,18?,19?,20?,21+,22-,23+,24?,25-,26?,27+,28+,29+,30?,31-,32?,33?,34+,35+,36+,37-,38+,39?,40+,41-/m0/s1. The van der Waals surface area contributed by atoms with Crippen molar-refractivity contribution in [2.75, 3.05) is 56.9 Å². The highest BCUT2D eigenvalue weighted by atomic mass is 32.2. The van der Waals surface area contributed by atoms with Crippen LogP contribution in [0.2, 0.25) is 0 Å². The molecule has 11 unspecified atom stereocenters. The molecule has 5 aliphatic heterocycles. The van der Waals surface area contributed by atoms with E-state index in [4.69, 9.17) is 42.6 Å². The van der Waals surface area contributed by atoms with Crippen molar-refractivity contribution in [2.24, 2.45) is 0 Å². The fourth-order valence-corrected chi connectivity index (χ4v) is 11.0. The maximum absolute atomic E-state index is 11.2. The van der Waals surface area contributed by atoms with Crippen molar-refractivity contribution < 1.29 is 135 Å². The largest absolute Gasteiger partial charge is 0.394 e. The molecule has 5 fully saturated rings. The summed E-state index contributed by atoms with van der Waals surface area (Å²) in [5.41, 5.74) is -1.09. The summed E-state index contributed by atoms with van der Waals surface area (Å²) >= 11 is 2.45. The molecular weight excluding hydrogens is 1000 g/mol. The SMILES string of the molecule is CC1OC(O[C@@H]2C(CO)O[C@H](O[C@@H]3C(CO)O[C@@H](SCCOCCSCC4C[C@H](O)C(O)[C@@H](O[C@@H]5C(CO)O[C@H](O)C(O)[C@H]5O)O4)C(O)[C@H]3O)C(O)[C@H]2O)[C@@H](O)[C@@H](O)[C@@H]1N[C@H]1C=C(CO)[C@H](O)C(O)[C@@H]1O. The Morgan fingerprint density at radius 3 is 1.72 bits per heavy atom. The van der Waals surface area contributed by atoms with Crippen molar-refractivity contribution in [3.63, 3.8) is 0 Å². The van der Waals surface area contributed by atoms with E-state index in [0.717, 1.165) is 11.8 Å². The Labute approximate surface area is 415 Å². The number of thioether (sulfide) groups is 2. The van der Waals surface area contributed by atoms with Gasteiger partial charge in [-0.2, -0.15) is 11.8 Å². The van der Waals surface area contributed by atoms with Crippen LogP contribution >= 0.6 is 23.5 Å². The predicted octanol–water partition coefficient (Wildman–Crippen LogP) is -10.4. The molecule has 0 aromatic carbocycles. The third-order valence-corrected chi connectivity index (χ3v) is 15.5. The molecule has 5 saturated heterocycles. The van der Waals surface area contributed by atoms with Gasteiger partial charge in [0, 0.05) is 23.7 Å². The number of nitrogens with one attached hydrogen (secondary N) is 1. The average molecular weight is 1070 g/mol. The van der Waals surface area contributed by atoms with Gasteiger partial charge in [0.25, 0.3) is 0 Å². The smallest absolute Gasteiger partial charge is 0.187 e. The molecule has 30 heteroatoms. The molecule has 19 N–H and O–H groups in total. The normalized spacial score (nSPS) is 48.9. The monoisotopic (exact) mass is 1070 g/mol. The minimum Gasteiger partial charge on any atom is -0.394 e. The lowest BCUT2D eigenvalue weighted by Gasteiger charge is -2.49. The van der Waals surface area contributed by atoms with E-state index < -0.39 is 197 Å². The highest BCUT2D eigenvalue weighted by molar-refractivity contribution is 7.99. The highest BCUT2D eigenvalue weighted by Gasteiger charge is 2.54. The lowest BCUT2D eigenvalue weighted by molar-refractivity contribution is -0.366. The first kappa shape index (κ1) is 59.6. The lowest BCUT2D eigenvalue weighted by atomic mass is 9.86. The van der Waals surface area contributed by atoms with Gasteiger partial charge in [-0.3, -0.25) is 0 Å². The van der Waals surface area contributed by atoms with Crippen LogP contribution in [0.3, 0.4) is 0 Å². The Morgan fingerprint density at radius 2 is 1.10 bits per heavy atom. The minimum absolute atomic E-state index is 0.00479. The van der Waals surface area contributed by atoms with E-state index >= 15 is 0 Å². The third-order valence-electron chi connectivity index (χ3n) is 13.3. The van der Waals surface area contributed by atoms with Gasteiger partial charge in [-0.1, -0.05) is 6.08 Å². The molecule has 0 saturated carbocycles. The van der Waals surface area contributed by atoms with E-state index in [0.29, 0.717) is 11.5 Å². The van der Waals surface area contributed by atoms with Crippen LogP contribution in [0, 0.1) is 0 Å². The summed E-state index contributed by atoms with van der Waals surface area (Å²) in [6, 6.07) is -2.24. The lowest BCUT2D eigenvalue weighted by Crippen LogP contribution is -2.68. The van der Waals surface area contributed by atoms with Gasteiger partial charge < -0.3 is 140 Å². The maximum Gasteiger partial charge on any atom is 0.187 e. The highest BCUT2D eigenvalue weighted by Crippen LogP contribution is 2.36. The zero-order chi connectivity index (χ0) is 52.0. The Kier molecular flexibility index (Phi) is 22.7. The molecular formula is C41H71NO27S2. The zero-order valence-corrected chi connectivity index (χ0v) is 40.0. The van der Waals surface area contributed by atoms with E-state index in [-0.39, 0.29) is 31.0 Å². The van der Waals surface area contributed by atoms with E-state index in [9.17, 15) is 91.9 Å². The van der Waals surface area contributed by atoms with Crippen LogP contribution in [0.15, 0.2) is 11.6 Å². The van der Waals surface area contributed by atoms with Gasteiger partial charge in [0.2, 0.25) is 0 Å². The summed E-state index contributed by atoms with van der Waals surface area (Å²) in [7, 11) is 0. The van der Waals surface area contributed by atoms with Crippen molar-refractivity contribution in [2.45, 2.75) is 184 Å². The van der Waals surface area contributed by atoms with Crippen LogP contribution < -0.4 is 5.32 Å². The van der Waals surface area contributed by atoms with Crippen molar-refractivity contribution in [3.8, 4) is 0 Å². The quantitative estimate of drug-likeness (QED) is 0.0375. The predicted molar refractivity (Wildman–Crippen MR) is 236 cm³/mol. The van der Waals surface area contributed by atoms with Crippen LogP contribution in [0.4, 0.5) is 0 Å². The Bertz CT molecular complexity index is 1630. The van der Waals surface area contributed by atoms with E-state index in [1.54, 1.807) is 0 Å². The molecule has 0 amide bonds. The fourth-order valence-electron chi connectivity index (χ4n) is 9.12. The molecule has 0 bridgehead atoms. The molecule has 0 spiro atoms.